The predicted octanol–water partition coefficient (Wildman–Crippen LogP) is 2.44. The van der Waals surface area contributed by atoms with Crippen molar-refractivity contribution in [2.75, 3.05) is 22.9 Å². The number of anilines is 2. The van der Waals surface area contributed by atoms with Crippen LogP contribution >= 0.6 is 0 Å². The molecule has 1 N–H and O–H groups in total. The molecule has 0 bridgehead atoms. The Morgan fingerprint density at radius 3 is 2.30 bits per heavy atom. The van der Waals surface area contributed by atoms with E-state index < -0.39 is 15.9 Å². The van der Waals surface area contributed by atoms with Gasteiger partial charge in [-0.2, -0.15) is 0 Å². The number of nitrogens with one attached hydrogen (secondary N) is 1. The van der Waals surface area contributed by atoms with Crippen molar-refractivity contribution in [3.05, 3.63) is 75.7 Å². The van der Waals surface area contributed by atoms with Gasteiger partial charge in [-0.05, 0) is 43.7 Å². The van der Waals surface area contributed by atoms with E-state index in [4.69, 9.17) is 0 Å². The first-order chi connectivity index (χ1) is 14.0. The van der Waals surface area contributed by atoms with Gasteiger partial charge in [-0.3, -0.25) is 18.6 Å². The first-order valence-electron chi connectivity index (χ1n) is 9.22. The largest absolute Gasteiger partial charge is 0.316 e. The molecular formula is C21H24N4O4S. The summed E-state index contributed by atoms with van der Waals surface area (Å²) in [5, 5.41) is 2.69. The van der Waals surface area contributed by atoms with Gasteiger partial charge in [0.1, 0.15) is 5.69 Å². The molecule has 3 aromatic rings. The van der Waals surface area contributed by atoms with Crippen LogP contribution in [0.1, 0.15) is 21.6 Å². The fraction of sp³-hybridized carbons (Fsp3) is 0.238. The number of carbonyl (C=O) groups excluding carboxylic acids is 1. The number of hydrogen-bond acceptors (Lipinski definition) is 4. The van der Waals surface area contributed by atoms with Crippen molar-refractivity contribution < 1.29 is 13.2 Å². The lowest BCUT2D eigenvalue weighted by Crippen LogP contribution is -2.26. The molecule has 0 fully saturated rings. The third kappa shape index (κ3) is 3.88. The molecule has 1 heterocycles. The molecule has 3 rings (SSSR count). The Hall–Kier alpha value is -3.33. The minimum absolute atomic E-state index is 0.171. The van der Waals surface area contributed by atoms with Crippen molar-refractivity contribution in [1.82, 2.24) is 9.36 Å². The minimum Gasteiger partial charge on any atom is -0.316 e. The maximum Gasteiger partial charge on any atom is 0.295 e. The summed E-state index contributed by atoms with van der Waals surface area (Å²) < 4.78 is 28.1. The Morgan fingerprint density at radius 1 is 1.07 bits per heavy atom. The third-order valence-electron chi connectivity index (χ3n) is 5.10. The van der Waals surface area contributed by atoms with Crippen molar-refractivity contribution in [1.29, 1.82) is 0 Å². The maximum absolute atomic E-state index is 13.0. The summed E-state index contributed by atoms with van der Waals surface area (Å²) in [7, 11) is -0.311. The summed E-state index contributed by atoms with van der Waals surface area (Å²) in [6, 6.07) is 13.9. The second-order valence-electron chi connectivity index (χ2n) is 7.12. The standard InChI is InChI=1S/C21H24N4O4S/c1-14-11-12-16(13-18(14)24(4)30(5,28)29)20(26)22-19-15(2)23(3)25(21(19)27)17-9-7-6-8-10-17/h6-13H,1-5H3,(H,22,26). The topological polar surface area (TPSA) is 93.4 Å². The van der Waals surface area contributed by atoms with Crippen molar-refractivity contribution in [2.24, 2.45) is 7.05 Å². The van der Waals surface area contributed by atoms with Gasteiger partial charge in [-0.15, -0.1) is 0 Å². The quantitative estimate of drug-likeness (QED) is 0.675. The molecule has 9 heteroatoms. The molecule has 1 aromatic heterocycles. The number of amides is 1. The summed E-state index contributed by atoms with van der Waals surface area (Å²) in [5.74, 6) is -0.496. The molecule has 0 unspecified atom stereocenters. The molecule has 0 saturated heterocycles. The molecular weight excluding hydrogens is 404 g/mol. The van der Waals surface area contributed by atoms with E-state index in [-0.39, 0.29) is 16.8 Å². The molecule has 0 atom stereocenters. The number of sulfonamides is 1. The van der Waals surface area contributed by atoms with Gasteiger partial charge in [-0.1, -0.05) is 24.3 Å². The van der Waals surface area contributed by atoms with Crippen LogP contribution in [0.25, 0.3) is 5.69 Å². The summed E-state index contributed by atoms with van der Waals surface area (Å²) in [6.45, 7) is 3.51. The average Bonchev–Trinajstić information content (AvgIpc) is 2.91. The Morgan fingerprint density at radius 2 is 1.70 bits per heavy atom. The Labute approximate surface area is 175 Å². The van der Waals surface area contributed by atoms with Crippen molar-refractivity contribution in [2.45, 2.75) is 13.8 Å². The summed E-state index contributed by atoms with van der Waals surface area (Å²) in [6.07, 6.45) is 1.10. The van der Waals surface area contributed by atoms with E-state index in [1.807, 2.05) is 18.2 Å². The van der Waals surface area contributed by atoms with Gasteiger partial charge in [0.05, 0.1) is 23.3 Å². The van der Waals surface area contributed by atoms with Crippen molar-refractivity contribution in [3.63, 3.8) is 0 Å². The van der Waals surface area contributed by atoms with E-state index in [1.165, 1.54) is 17.8 Å². The first-order valence-corrected chi connectivity index (χ1v) is 11.1. The van der Waals surface area contributed by atoms with Crippen LogP contribution in [-0.4, -0.2) is 37.0 Å². The maximum atomic E-state index is 13.0. The highest BCUT2D eigenvalue weighted by atomic mass is 32.2. The lowest BCUT2D eigenvalue weighted by Gasteiger charge is -2.19. The zero-order chi connectivity index (χ0) is 22.2. The molecule has 30 heavy (non-hydrogen) atoms. The van der Waals surface area contributed by atoms with Gasteiger partial charge in [0.25, 0.3) is 11.5 Å². The zero-order valence-corrected chi connectivity index (χ0v) is 18.3. The van der Waals surface area contributed by atoms with Gasteiger partial charge < -0.3 is 5.32 Å². The lowest BCUT2D eigenvalue weighted by atomic mass is 10.1. The number of aromatic nitrogens is 2. The van der Waals surface area contributed by atoms with E-state index in [0.717, 1.165) is 10.6 Å². The molecule has 0 aliphatic heterocycles. The first kappa shape index (κ1) is 21.4. The van der Waals surface area contributed by atoms with Gasteiger partial charge in [-0.25, -0.2) is 13.1 Å². The van der Waals surface area contributed by atoms with Crippen LogP contribution in [0.4, 0.5) is 11.4 Å². The number of para-hydroxylation sites is 1. The Bertz CT molecular complexity index is 1270. The van der Waals surface area contributed by atoms with E-state index in [0.29, 0.717) is 22.6 Å². The molecule has 0 aliphatic rings. The molecule has 1 amide bonds. The highest BCUT2D eigenvalue weighted by Gasteiger charge is 2.20. The number of rotatable bonds is 5. The highest BCUT2D eigenvalue weighted by molar-refractivity contribution is 7.92. The van der Waals surface area contributed by atoms with Crippen LogP contribution in [-0.2, 0) is 17.1 Å². The summed E-state index contributed by atoms with van der Waals surface area (Å²) in [5.41, 5.74) is 2.46. The SMILES string of the molecule is Cc1ccc(C(=O)Nc2c(C)n(C)n(-c3ccccc3)c2=O)cc1N(C)S(C)(=O)=O. The van der Waals surface area contributed by atoms with E-state index >= 15 is 0 Å². The van der Waals surface area contributed by atoms with Crippen LogP contribution in [0.15, 0.2) is 53.3 Å². The monoisotopic (exact) mass is 428 g/mol. The van der Waals surface area contributed by atoms with E-state index in [9.17, 15) is 18.0 Å². The molecule has 0 radical (unpaired) electrons. The van der Waals surface area contributed by atoms with Crippen LogP contribution in [0.5, 0.6) is 0 Å². The molecule has 0 spiro atoms. The molecule has 2 aromatic carbocycles. The smallest absolute Gasteiger partial charge is 0.295 e. The fourth-order valence-electron chi connectivity index (χ4n) is 3.17. The van der Waals surface area contributed by atoms with E-state index in [2.05, 4.69) is 5.32 Å². The van der Waals surface area contributed by atoms with Crippen molar-refractivity contribution >= 4 is 27.3 Å². The molecule has 0 saturated carbocycles. The number of carbonyl (C=O) groups is 1. The third-order valence-corrected chi connectivity index (χ3v) is 6.29. The average molecular weight is 429 g/mol. The number of nitrogens with zero attached hydrogens (tertiary/aromatic N) is 3. The molecule has 158 valence electrons. The van der Waals surface area contributed by atoms with Crippen LogP contribution in [0, 0.1) is 13.8 Å². The zero-order valence-electron chi connectivity index (χ0n) is 17.5. The lowest BCUT2D eigenvalue weighted by molar-refractivity contribution is 0.102. The highest BCUT2D eigenvalue weighted by Crippen LogP contribution is 2.23. The van der Waals surface area contributed by atoms with Crippen LogP contribution < -0.4 is 15.2 Å². The number of hydrogen-bond donors (Lipinski definition) is 1. The van der Waals surface area contributed by atoms with Gasteiger partial charge >= 0.3 is 0 Å². The second kappa shape index (κ2) is 7.83. The molecule has 0 aliphatic carbocycles. The Kier molecular flexibility index (Phi) is 5.58. The van der Waals surface area contributed by atoms with Gasteiger partial charge in [0.15, 0.2) is 0 Å². The van der Waals surface area contributed by atoms with Gasteiger partial charge in [0.2, 0.25) is 10.0 Å². The van der Waals surface area contributed by atoms with Crippen LogP contribution in [0.3, 0.4) is 0 Å². The second-order valence-corrected chi connectivity index (χ2v) is 9.14. The van der Waals surface area contributed by atoms with E-state index in [1.54, 1.807) is 49.8 Å². The summed E-state index contributed by atoms with van der Waals surface area (Å²) >= 11 is 0. The van der Waals surface area contributed by atoms with Gasteiger partial charge in [0, 0.05) is 19.7 Å². The Balaban J connectivity index is 1.99. The predicted molar refractivity (Wildman–Crippen MR) is 118 cm³/mol. The van der Waals surface area contributed by atoms with Crippen molar-refractivity contribution in [3.8, 4) is 5.69 Å². The van der Waals surface area contributed by atoms with Crippen LogP contribution in [0.2, 0.25) is 0 Å². The summed E-state index contributed by atoms with van der Waals surface area (Å²) in [4.78, 5) is 25.9. The number of benzene rings is 2. The minimum atomic E-state index is -3.48. The normalized spacial score (nSPS) is 11.4. The number of aryl methyl sites for hydroxylation is 1. The molecule has 8 nitrogen and oxygen atoms in total. The fourth-order valence-corrected chi connectivity index (χ4v) is 3.72.